The predicted octanol–water partition coefficient (Wildman–Crippen LogP) is 4.00. The molecule has 3 fully saturated rings. The average Bonchev–Trinajstić information content (AvgIpc) is 3.65. The van der Waals surface area contributed by atoms with Crippen molar-refractivity contribution in [1.29, 1.82) is 0 Å². The van der Waals surface area contributed by atoms with Crippen molar-refractivity contribution in [1.82, 2.24) is 20.4 Å². The maximum Gasteiger partial charge on any atom is 0.224 e. The molecule has 2 aromatic carbocycles. The fraction of sp³-hybridized carbons (Fsp3) is 0.562. The van der Waals surface area contributed by atoms with Crippen LogP contribution in [0.5, 0.6) is 0 Å². The Labute approximate surface area is 228 Å². The third-order valence-corrected chi connectivity index (χ3v) is 8.82. The molecule has 2 saturated heterocycles. The van der Waals surface area contributed by atoms with Crippen LogP contribution in [0.25, 0.3) is 0 Å². The summed E-state index contributed by atoms with van der Waals surface area (Å²) in [6.45, 7) is 8.16. The Kier molecular flexibility index (Phi) is 9.47. The number of hydrogen-bond acceptors (Lipinski definition) is 4. The summed E-state index contributed by atoms with van der Waals surface area (Å²) >= 11 is 0. The normalized spacial score (nSPS) is 25.7. The summed E-state index contributed by atoms with van der Waals surface area (Å²) in [6.07, 6.45) is 7.07. The van der Waals surface area contributed by atoms with Crippen molar-refractivity contribution in [3.05, 3.63) is 71.8 Å². The molecule has 204 valence electrons. The summed E-state index contributed by atoms with van der Waals surface area (Å²) in [6, 6.07) is 20.4. The second-order valence-corrected chi connectivity index (χ2v) is 11.3. The van der Waals surface area contributed by atoms with Crippen molar-refractivity contribution in [2.24, 2.45) is 11.8 Å². The van der Waals surface area contributed by atoms with E-state index in [1.165, 1.54) is 51.9 Å². The van der Waals surface area contributed by atoms with Gasteiger partial charge in [0, 0.05) is 24.9 Å². The van der Waals surface area contributed by atoms with E-state index in [0.717, 1.165) is 37.1 Å². The highest BCUT2D eigenvalue weighted by Gasteiger charge is 2.57. The van der Waals surface area contributed by atoms with E-state index in [0.29, 0.717) is 13.1 Å². The largest absolute Gasteiger partial charge is 0.356 e. The highest BCUT2D eigenvalue weighted by atomic mass is 16.2. The fourth-order valence-corrected chi connectivity index (χ4v) is 6.86. The zero-order chi connectivity index (χ0) is 26.2. The Morgan fingerprint density at radius 1 is 0.605 bits per heavy atom. The predicted molar refractivity (Wildman–Crippen MR) is 152 cm³/mol. The fourth-order valence-electron chi connectivity index (χ4n) is 6.86. The highest BCUT2D eigenvalue weighted by molar-refractivity contribution is 5.90. The first kappa shape index (κ1) is 26.9. The lowest BCUT2D eigenvalue weighted by atomic mass is 9.52. The first-order valence-corrected chi connectivity index (χ1v) is 14.8. The van der Waals surface area contributed by atoms with Gasteiger partial charge in [-0.05, 0) is 88.9 Å². The topological polar surface area (TPSA) is 64.7 Å². The average molecular weight is 517 g/mol. The van der Waals surface area contributed by atoms with Gasteiger partial charge in [0.15, 0.2) is 0 Å². The van der Waals surface area contributed by atoms with Crippen LogP contribution in [0, 0.1) is 11.8 Å². The van der Waals surface area contributed by atoms with E-state index < -0.39 is 0 Å². The molecule has 6 nitrogen and oxygen atoms in total. The van der Waals surface area contributed by atoms with Crippen molar-refractivity contribution >= 4 is 11.8 Å². The highest BCUT2D eigenvalue weighted by Crippen LogP contribution is 2.57. The summed E-state index contributed by atoms with van der Waals surface area (Å²) in [5.74, 6) is -0.615. The summed E-state index contributed by atoms with van der Waals surface area (Å²) < 4.78 is 0. The number of nitrogens with one attached hydrogen (secondary N) is 2. The first-order valence-electron chi connectivity index (χ1n) is 14.8. The Bertz CT molecular complexity index is 927. The molecular formula is C32H44N4O2. The van der Waals surface area contributed by atoms with Gasteiger partial charge >= 0.3 is 0 Å². The molecule has 2 aliphatic heterocycles. The van der Waals surface area contributed by atoms with Crippen LogP contribution < -0.4 is 10.6 Å². The molecule has 38 heavy (non-hydrogen) atoms. The maximum atomic E-state index is 13.7. The van der Waals surface area contributed by atoms with Gasteiger partial charge in [-0.25, -0.2) is 0 Å². The quantitative estimate of drug-likeness (QED) is 0.419. The van der Waals surface area contributed by atoms with E-state index in [4.69, 9.17) is 0 Å². The van der Waals surface area contributed by atoms with Crippen LogP contribution in [0.15, 0.2) is 60.7 Å². The molecule has 3 aliphatic rings. The molecule has 2 heterocycles. The number of nitrogens with zero attached hydrogens (tertiary/aromatic N) is 2. The first-order chi connectivity index (χ1) is 18.7. The van der Waals surface area contributed by atoms with E-state index in [1.54, 1.807) is 0 Å². The molecule has 2 aromatic rings. The molecule has 0 unspecified atom stereocenters. The molecule has 0 radical (unpaired) electrons. The van der Waals surface area contributed by atoms with Gasteiger partial charge in [-0.3, -0.25) is 9.59 Å². The van der Waals surface area contributed by atoms with E-state index in [1.807, 2.05) is 36.4 Å². The summed E-state index contributed by atoms with van der Waals surface area (Å²) in [5.41, 5.74) is 2.16. The molecule has 1 saturated carbocycles. The van der Waals surface area contributed by atoms with E-state index in [2.05, 4.69) is 44.7 Å². The molecule has 6 heteroatoms. The van der Waals surface area contributed by atoms with E-state index in [9.17, 15) is 9.59 Å². The van der Waals surface area contributed by atoms with E-state index >= 15 is 0 Å². The molecule has 2 amide bonds. The van der Waals surface area contributed by atoms with Crippen LogP contribution in [0.1, 0.15) is 61.5 Å². The van der Waals surface area contributed by atoms with E-state index in [-0.39, 0.29) is 35.5 Å². The molecule has 0 bridgehead atoms. The van der Waals surface area contributed by atoms with Crippen LogP contribution >= 0.6 is 0 Å². The monoisotopic (exact) mass is 516 g/mol. The van der Waals surface area contributed by atoms with Crippen molar-refractivity contribution in [2.75, 3.05) is 52.4 Å². The third kappa shape index (κ3) is 6.47. The molecule has 0 aromatic heterocycles. The molecule has 0 spiro atoms. The minimum absolute atomic E-state index is 0.0761. The molecule has 2 N–H and O–H groups in total. The molecule has 0 atom stereocenters. The molecule has 1 aliphatic carbocycles. The second-order valence-electron chi connectivity index (χ2n) is 11.3. The van der Waals surface area contributed by atoms with Crippen LogP contribution in [0.3, 0.4) is 0 Å². The Hall–Kier alpha value is -2.70. The third-order valence-electron chi connectivity index (χ3n) is 8.82. The van der Waals surface area contributed by atoms with Crippen LogP contribution in [-0.2, 0) is 9.59 Å². The lowest BCUT2D eigenvalue weighted by molar-refractivity contribution is -0.140. The SMILES string of the molecule is O=C(NCCCN1CCCC1)C1C(c2ccccc2)C(C(=O)NCCCN2CCCC2)C1c1ccccc1. The van der Waals surface area contributed by atoms with Crippen LogP contribution in [0.2, 0.25) is 0 Å². The number of carbonyl (C=O) groups is 2. The van der Waals surface area contributed by atoms with Gasteiger partial charge in [0.25, 0.3) is 0 Å². The Morgan fingerprint density at radius 2 is 0.974 bits per heavy atom. The lowest BCUT2D eigenvalue weighted by Crippen LogP contribution is -2.56. The van der Waals surface area contributed by atoms with Gasteiger partial charge < -0.3 is 20.4 Å². The smallest absolute Gasteiger partial charge is 0.224 e. The van der Waals surface area contributed by atoms with Crippen molar-refractivity contribution in [3.63, 3.8) is 0 Å². The van der Waals surface area contributed by atoms with Crippen molar-refractivity contribution in [3.8, 4) is 0 Å². The van der Waals surface area contributed by atoms with Crippen LogP contribution in [0.4, 0.5) is 0 Å². The standard InChI is InChI=1S/C32H44N4O2/c37-31(33-17-11-23-35-19-7-8-20-35)29-27(25-13-3-1-4-14-25)30(28(29)26-15-5-2-6-16-26)32(38)34-18-12-24-36-21-9-10-22-36/h1-6,13-16,27-30H,7-12,17-24H2,(H,33,37)(H,34,38). The van der Waals surface area contributed by atoms with Gasteiger partial charge in [0.2, 0.25) is 11.8 Å². The van der Waals surface area contributed by atoms with Gasteiger partial charge in [0.05, 0.1) is 11.8 Å². The number of benzene rings is 2. The Balaban J connectivity index is 1.28. The summed E-state index contributed by atoms with van der Waals surface area (Å²) in [5, 5.41) is 6.50. The molecular weight excluding hydrogens is 472 g/mol. The van der Waals surface area contributed by atoms with Gasteiger partial charge in [-0.2, -0.15) is 0 Å². The van der Waals surface area contributed by atoms with Gasteiger partial charge in [-0.1, -0.05) is 60.7 Å². The van der Waals surface area contributed by atoms with Gasteiger partial charge in [0.1, 0.15) is 0 Å². The lowest BCUT2D eigenvalue weighted by Gasteiger charge is -2.50. The van der Waals surface area contributed by atoms with Gasteiger partial charge in [-0.15, -0.1) is 0 Å². The minimum Gasteiger partial charge on any atom is -0.356 e. The number of rotatable bonds is 12. The number of amides is 2. The number of hydrogen-bond donors (Lipinski definition) is 2. The Morgan fingerprint density at radius 3 is 1.34 bits per heavy atom. The summed E-state index contributed by atoms with van der Waals surface area (Å²) in [4.78, 5) is 32.4. The van der Waals surface area contributed by atoms with Crippen molar-refractivity contribution in [2.45, 2.75) is 50.4 Å². The maximum absolute atomic E-state index is 13.7. The second kappa shape index (κ2) is 13.4. The molecule has 5 rings (SSSR count). The minimum atomic E-state index is -0.257. The van der Waals surface area contributed by atoms with Crippen LogP contribution in [-0.4, -0.2) is 74.0 Å². The number of likely N-dealkylation sites (tertiary alicyclic amines) is 2. The summed E-state index contributed by atoms with van der Waals surface area (Å²) in [7, 11) is 0. The number of carbonyl (C=O) groups excluding carboxylic acids is 2. The zero-order valence-electron chi connectivity index (χ0n) is 22.7. The zero-order valence-corrected chi connectivity index (χ0v) is 22.7. The van der Waals surface area contributed by atoms with Crippen molar-refractivity contribution < 1.29 is 9.59 Å².